The zero-order chi connectivity index (χ0) is 9.14. The lowest BCUT2D eigenvalue weighted by Gasteiger charge is -2.13. The maximum Gasteiger partial charge on any atom is 0.320 e. The highest BCUT2D eigenvalue weighted by Gasteiger charge is 2.33. The number of carboxylic acids is 1. The van der Waals surface area contributed by atoms with Crippen molar-refractivity contribution in [1.82, 2.24) is 4.90 Å². The summed E-state index contributed by atoms with van der Waals surface area (Å²) in [5, 5.41) is 8.79. The molecule has 0 aromatic carbocycles. The fourth-order valence-corrected chi connectivity index (χ4v) is 1.75. The SMILES string of the molecule is COC[C@H]1C[C@@H](C(=O)O)N(C)C1. The Bertz CT molecular complexity index is 172. The molecule has 0 unspecified atom stereocenters. The first kappa shape index (κ1) is 9.48. The summed E-state index contributed by atoms with van der Waals surface area (Å²) in [5.74, 6) is -0.350. The van der Waals surface area contributed by atoms with E-state index in [0.717, 1.165) is 6.54 Å². The van der Waals surface area contributed by atoms with Gasteiger partial charge in [-0.2, -0.15) is 0 Å². The number of methoxy groups -OCH3 is 1. The molecule has 0 radical (unpaired) electrons. The summed E-state index contributed by atoms with van der Waals surface area (Å²) in [7, 11) is 3.49. The van der Waals surface area contributed by atoms with Crippen LogP contribution in [0.25, 0.3) is 0 Å². The van der Waals surface area contributed by atoms with Crippen molar-refractivity contribution in [1.29, 1.82) is 0 Å². The van der Waals surface area contributed by atoms with E-state index in [1.807, 2.05) is 11.9 Å². The summed E-state index contributed by atoms with van der Waals surface area (Å²) in [6, 6.07) is -0.315. The highest BCUT2D eigenvalue weighted by atomic mass is 16.5. The number of hydrogen-bond donors (Lipinski definition) is 1. The van der Waals surface area contributed by atoms with Gasteiger partial charge < -0.3 is 9.84 Å². The predicted octanol–water partition coefficient (Wildman–Crippen LogP) is 0.0377. The molecule has 2 atom stereocenters. The molecule has 0 amide bonds. The lowest BCUT2D eigenvalue weighted by molar-refractivity contribution is -0.141. The van der Waals surface area contributed by atoms with Crippen LogP contribution in [-0.4, -0.2) is 49.3 Å². The van der Waals surface area contributed by atoms with Crippen LogP contribution in [-0.2, 0) is 9.53 Å². The highest BCUT2D eigenvalue weighted by molar-refractivity contribution is 5.73. The lowest BCUT2D eigenvalue weighted by atomic mass is 10.1. The fourth-order valence-electron chi connectivity index (χ4n) is 1.75. The standard InChI is InChI=1S/C8H15NO3/c1-9-4-6(5-12-2)3-7(9)8(10)11/h6-7H,3-5H2,1-2H3,(H,10,11)/t6-,7-/m0/s1. The Balaban J connectivity index is 2.44. The summed E-state index contributed by atoms with van der Waals surface area (Å²) >= 11 is 0. The molecule has 0 aromatic heterocycles. The maximum absolute atomic E-state index is 10.7. The van der Waals surface area contributed by atoms with E-state index in [1.54, 1.807) is 7.11 Å². The van der Waals surface area contributed by atoms with Gasteiger partial charge in [0.2, 0.25) is 0 Å². The normalized spacial score (nSPS) is 30.8. The third-order valence-electron chi connectivity index (χ3n) is 2.32. The average molecular weight is 173 g/mol. The van der Waals surface area contributed by atoms with Crippen LogP contribution < -0.4 is 0 Å². The van der Waals surface area contributed by atoms with Crippen LogP contribution in [0.3, 0.4) is 0 Å². The number of nitrogens with zero attached hydrogens (tertiary/aromatic N) is 1. The first-order valence-electron chi connectivity index (χ1n) is 4.07. The molecule has 4 nitrogen and oxygen atoms in total. The van der Waals surface area contributed by atoms with Crippen LogP contribution in [0.15, 0.2) is 0 Å². The van der Waals surface area contributed by atoms with Crippen molar-refractivity contribution in [3.8, 4) is 0 Å². The fraction of sp³-hybridized carbons (Fsp3) is 0.875. The number of aliphatic carboxylic acids is 1. The third kappa shape index (κ3) is 1.95. The average Bonchev–Trinajstić information content (AvgIpc) is 2.32. The lowest BCUT2D eigenvalue weighted by Crippen LogP contribution is -2.32. The predicted molar refractivity (Wildman–Crippen MR) is 44.0 cm³/mol. The Hall–Kier alpha value is -0.610. The second-order valence-corrected chi connectivity index (χ2v) is 3.35. The van der Waals surface area contributed by atoms with E-state index in [2.05, 4.69) is 0 Å². The summed E-state index contributed by atoms with van der Waals surface area (Å²) in [6.07, 6.45) is 0.708. The Morgan fingerprint density at radius 2 is 2.42 bits per heavy atom. The summed E-state index contributed by atoms with van der Waals surface area (Å²) < 4.78 is 4.98. The van der Waals surface area contributed by atoms with Crippen molar-refractivity contribution in [2.24, 2.45) is 5.92 Å². The van der Waals surface area contributed by atoms with Crippen LogP contribution in [0.2, 0.25) is 0 Å². The van der Waals surface area contributed by atoms with E-state index >= 15 is 0 Å². The molecule has 0 spiro atoms. The molecule has 12 heavy (non-hydrogen) atoms. The van der Waals surface area contributed by atoms with Gasteiger partial charge in [0.05, 0.1) is 6.61 Å². The molecule has 1 aliphatic heterocycles. The van der Waals surface area contributed by atoms with Gasteiger partial charge in [0.15, 0.2) is 0 Å². The van der Waals surface area contributed by atoms with Crippen molar-refractivity contribution in [2.45, 2.75) is 12.5 Å². The van der Waals surface area contributed by atoms with Crippen molar-refractivity contribution in [2.75, 3.05) is 27.3 Å². The first-order valence-corrected chi connectivity index (χ1v) is 4.07. The van der Waals surface area contributed by atoms with Gasteiger partial charge in [0.1, 0.15) is 6.04 Å². The number of likely N-dealkylation sites (tertiary alicyclic amines) is 1. The number of carbonyl (C=O) groups is 1. The molecule has 0 saturated carbocycles. The van der Waals surface area contributed by atoms with Crippen LogP contribution in [0.4, 0.5) is 0 Å². The van der Waals surface area contributed by atoms with Gasteiger partial charge in [-0.15, -0.1) is 0 Å². The van der Waals surface area contributed by atoms with Crippen LogP contribution in [0.5, 0.6) is 0 Å². The molecular weight excluding hydrogens is 158 g/mol. The first-order chi connectivity index (χ1) is 5.65. The molecule has 1 heterocycles. The monoisotopic (exact) mass is 173 g/mol. The molecule has 1 N–H and O–H groups in total. The van der Waals surface area contributed by atoms with E-state index in [1.165, 1.54) is 0 Å². The molecule has 1 rings (SSSR count). The molecule has 1 aliphatic rings. The van der Waals surface area contributed by atoms with Crippen molar-refractivity contribution >= 4 is 5.97 Å². The van der Waals surface area contributed by atoms with Gasteiger partial charge in [-0.1, -0.05) is 0 Å². The largest absolute Gasteiger partial charge is 0.480 e. The van der Waals surface area contributed by atoms with E-state index in [4.69, 9.17) is 9.84 Å². The van der Waals surface area contributed by atoms with Crippen LogP contribution in [0, 0.1) is 5.92 Å². The van der Waals surface area contributed by atoms with Crippen LogP contribution in [0.1, 0.15) is 6.42 Å². The minimum Gasteiger partial charge on any atom is -0.480 e. The van der Waals surface area contributed by atoms with E-state index in [0.29, 0.717) is 18.9 Å². The van der Waals surface area contributed by atoms with Crippen molar-refractivity contribution in [3.63, 3.8) is 0 Å². The van der Waals surface area contributed by atoms with Gasteiger partial charge in [0, 0.05) is 13.7 Å². The van der Waals surface area contributed by atoms with Gasteiger partial charge in [-0.25, -0.2) is 0 Å². The minimum absolute atomic E-state index is 0.315. The van der Waals surface area contributed by atoms with Crippen LogP contribution >= 0.6 is 0 Å². The topological polar surface area (TPSA) is 49.8 Å². The second-order valence-electron chi connectivity index (χ2n) is 3.35. The summed E-state index contributed by atoms with van der Waals surface area (Å²) in [5.41, 5.74) is 0. The number of carboxylic acid groups (broad SMARTS) is 1. The summed E-state index contributed by atoms with van der Waals surface area (Å²) in [6.45, 7) is 1.49. The minimum atomic E-state index is -0.726. The zero-order valence-corrected chi connectivity index (χ0v) is 7.49. The molecule has 4 heteroatoms. The maximum atomic E-state index is 10.7. The molecular formula is C8H15NO3. The smallest absolute Gasteiger partial charge is 0.320 e. The highest BCUT2D eigenvalue weighted by Crippen LogP contribution is 2.21. The van der Waals surface area contributed by atoms with E-state index in [9.17, 15) is 4.79 Å². The zero-order valence-electron chi connectivity index (χ0n) is 7.49. The molecule has 0 bridgehead atoms. The Labute approximate surface area is 72.1 Å². The number of rotatable bonds is 3. The van der Waals surface area contributed by atoms with Gasteiger partial charge in [0.25, 0.3) is 0 Å². The quantitative estimate of drug-likeness (QED) is 0.654. The van der Waals surface area contributed by atoms with E-state index < -0.39 is 5.97 Å². The summed E-state index contributed by atoms with van der Waals surface area (Å²) in [4.78, 5) is 12.5. The Morgan fingerprint density at radius 3 is 2.83 bits per heavy atom. The number of ether oxygens (including phenoxy) is 1. The van der Waals surface area contributed by atoms with Crippen molar-refractivity contribution in [3.05, 3.63) is 0 Å². The Morgan fingerprint density at radius 1 is 1.75 bits per heavy atom. The van der Waals surface area contributed by atoms with Gasteiger partial charge in [-0.05, 0) is 19.4 Å². The second kappa shape index (κ2) is 3.87. The third-order valence-corrected chi connectivity index (χ3v) is 2.32. The molecule has 1 saturated heterocycles. The van der Waals surface area contributed by atoms with Crippen molar-refractivity contribution < 1.29 is 14.6 Å². The molecule has 0 aromatic rings. The molecule has 1 fully saturated rings. The Kier molecular flexibility index (Phi) is 3.05. The number of hydrogen-bond acceptors (Lipinski definition) is 3. The van der Waals surface area contributed by atoms with Gasteiger partial charge in [-0.3, -0.25) is 9.69 Å². The number of likely N-dealkylation sites (N-methyl/N-ethyl adjacent to an activating group) is 1. The van der Waals surface area contributed by atoms with E-state index in [-0.39, 0.29) is 6.04 Å². The van der Waals surface area contributed by atoms with Gasteiger partial charge >= 0.3 is 5.97 Å². The molecule has 0 aliphatic carbocycles. The molecule has 70 valence electrons.